The number of pyridine rings is 1. The van der Waals surface area contributed by atoms with E-state index in [0.29, 0.717) is 11.5 Å². The van der Waals surface area contributed by atoms with E-state index in [4.69, 9.17) is 0 Å². The van der Waals surface area contributed by atoms with Crippen molar-refractivity contribution in [3.05, 3.63) is 30.1 Å². The molecule has 5 atom stereocenters. The fourth-order valence-electron chi connectivity index (χ4n) is 5.86. The average Bonchev–Trinajstić information content (AvgIpc) is 2.57. The molecule has 0 radical (unpaired) electrons. The van der Waals surface area contributed by atoms with Gasteiger partial charge in [0.2, 0.25) is 0 Å². The molecule has 4 nitrogen and oxygen atoms in total. The number of aromatic nitrogens is 1. The largest absolute Gasteiger partial charge is 0.396 e. The molecule has 5 unspecified atom stereocenters. The molecule has 0 aliphatic heterocycles. The number of nitrogens with zero attached hydrogens (tertiary/aromatic N) is 1. The highest BCUT2D eigenvalue weighted by Gasteiger charge is 2.56. The first-order valence-corrected chi connectivity index (χ1v) is 9.61. The summed E-state index contributed by atoms with van der Waals surface area (Å²) < 4.78 is 0. The van der Waals surface area contributed by atoms with Crippen LogP contribution in [0.5, 0.6) is 0 Å². The lowest BCUT2D eigenvalue weighted by atomic mass is 9.46. The molecular formula is C21H32N2O2. The summed E-state index contributed by atoms with van der Waals surface area (Å²) in [6, 6.07) is 3.69. The van der Waals surface area contributed by atoms with Crippen LogP contribution in [-0.4, -0.2) is 28.6 Å². The zero-order valence-corrected chi connectivity index (χ0v) is 16.0. The number of aliphatic hydroxyl groups is 1. The molecule has 2 saturated carbocycles. The second-order valence-corrected chi connectivity index (χ2v) is 9.11. The molecule has 1 aromatic heterocycles. The highest BCUT2D eigenvalue weighted by atomic mass is 16.3. The minimum absolute atomic E-state index is 0.0566. The van der Waals surface area contributed by atoms with Crippen molar-refractivity contribution in [2.75, 3.05) is 6.61 Å². The number of aliphatic hydroxyl groups excluding tert-OH is 1. The molecule has 4 heteroatoms. The monoisotopic (exact) mass is 344 g/mol. The van der Waals surface area contributed by atoms with Gasteiger partial charge < -0.3 is 10.4 Å². The van der Waals surface area contributed by atoms with Gasteiger partial charge in [0.1, 0.15) is 0 Å². The third kappa shape index (κ3) is 3.21. The van der Waals surface area contributed by atoms with Gasteiger partial charge in [-0.15, -0.1) is 0 Å². The van der Waals surface area contributed by atoms with Gasteiger partial charge in [-0.1, -0.05) is 34.1 Å². The number of rotatable bonds is 3. The van der Waals surface area contributed by atoms with Crippen LogP contribution in [0.2, 0.25) is 0 Å². The lowest BCUT2D eigenvalue weighted by Gasteiger charge is -2.60. The number of fused-ring (bicyclic) bond motifs is 1. The van der Waals surface area contributed by atoms with E-state index in [9.17, 15) is 9.90 Å². The summed E-state index contributed by atoms with van der Waals surface area (Å²) in [5, 5.41) is 13.4. The number of hydrogen-bond donors (Lipinski definition) is 2. The van der Waals surface area contributed by atoms with Gasteiger partial charge in [-0.05, 0) is 60.0 Å². The SMILES string of the molecule is CC1C(NC(=O)c2cccnc2)CC2C(C)(C)CCCC2(C)C1CO. The molecule has 0 bridgehead atoms. The Balaban J connectivity index is 1.85. The molecule has 25 heavy (non-hydrogen) atoms. The Labute approximate surface area is 151 Å². The van der Waals surface area contributed by atoms with Crippen LogP contribution in [0.25, 0.3) is 0 Å². The van der Waals surface area contributed by atoms with Crippen LogP contribution < -0.4 is 5.32 Å². The van der Waals surface area contributed by atoms with Crippen molar-refractivity contribution in [1.82, 2.24) is 10.3 Å². The van der Waals surface area contributed by atoms with Gasteiger partial charge in [0, 0.05) is 25.0 Å². The summed E-state index contributed by atoms with van der Waals surface area (Å²) in [4.78, 5) is 16.7. The molecule has 2 aliphatic rings. The predicted molar refractivity (Wildman–Crippen MR) is 99.1 cm³/mol. The maximum atomic E-state index is 12.6. The Morgan fingerprint density at radius 1 is 1.36 bits per heavy atom. The molecule has 1 aromatic rings. The van der Waals surface area contributed by atoms with E-state index >= 15 is 0 Å². The third-order valence-corrected chi connectivity index (χ3v) is 7.32. The lowest BCUT2D eigenvalue weighted by molar-refractivity contribution is -0.118. The molecule has 1 amide bonds. The predicted octanol–water partition coefficient (Wildman–Crippen LogP) is 3.66. The van der Waals surface area contributed by atoms with E-state index in [1.807, 2.05) is 0 Å². The molecule has 2 fully saturated rings. The second kappa shape index (κ2) is 6.71. The summed E-state index contributed by atoms with van der Waals surface area (Å²) in [5.74, 6) is 0.950. The molecule has 0 saturated heterocycles. The van der Waals surface area contributed by atoms with E-state index in [2.05, 4.69) is 38.0 Å². The maximum Gasteiger partial charge on any atom is 0.253 e. The highest BCUT2D eigenvalue weighted by Crippen LogP contribution is 2.60. The van der Waals surface area contributed by atoms with Gasteiger partial charge >= 0.3 is 0 Å². The zero-order chi connectivity index (χ0) is 18.2. The number of carbonyl (C=O) groups excluding carboxylic acids is 1. The summed E-state index contributed by atoms with van der Waals surface area (Å²) in [7, 11) is 0. The van der Waals surface area contributed by atoms with Gasteiger partial charge in [0.05, 0.1) is 5.56 Å². The summed E-state index contributed by atoms with van der Waals surface area (Å²) >= 11 is 0. The van der Waals surface area contributed by atoms with Crippen molar-refractivity contribution in [1.29, 1.82) is 0 Å². The number of carbonyl (C=O) groups is 1. The number of nitrogens with one attached hydrogen (secondary N) is 1. The fraction of sp³-hybridized carbons (Fsp3) is 0.714. The standard InChI is InChI=1S/C21H32N2O2/c1-14-16(13-24)21(4)9-6-8-20(2,3)18(21)11-17(14)23-19(25)15-7-5-10-22-12-15/h5,7,10,12,14,16-18,24H,6,8-9,11,13H2,1-4H3,(H,23,25). The van der Waals surface area contributed by atoms with E-state index in [-0.39, 0.29) is 41.2 Å². The lowest BCUT2D eigenvalue weighted by Crippen LogP contribution is -2.59. The van der Waals surface area contributed by atoms with E-state index in [1.54, 1.807) is 24.5 Å². The van der Waals surface area contributed by atoms with Gasteiger partial charge in [-0.2, -0.15) is 0 Å². The Hall–Kier alpha value is -1.42. The number of hydrogen-bond acceptors (Lipinski definition) is 3. The fourth-order valence-corrected chi connectivity index (χ4v) is 5.86. The Bertz CT molecular complexity index is 616. The van der Waals surface area contributed by atoms with Crippen molar-refractivity contribution < 1.29 is 9.90 Å². The molecule has 0 spiro atoms. The quantitative estimate of drug-likeness (QED) is 0.879. The van der Waals surface area contributed by atoms with Crippen LogP contribution in [0.1, 0.15) is 63.7 Å². The molecule has 3 rings (SSSR count). The van der Waals surface area contributed by atoms with Crippen molar-refractivity contribution >= 4 is 5.91 Å². The molecule has 138 valence electrons. The summed E-state index contributed by atoms with van der Waals surface area (Å²) in [5.41, 5.74) is 1.01. The first-order chi connectivity index (χ1) is 11.8. The molecular weight excluding hydrogens is 312 g/mol. The summed E-state index contributed by atoms with van der Waals surface area (Å²) in [6.45, 7) is 9.48. The van der Waals surface area contributed by atoms with Crippen LogP contribution in [0.3, 0.4) is 0 Å². The average molecular weight is 344 g/mol. The van der Waals surface area contributed by atoms with Gasteiger partial charge in [-0.25, -0.2) is 0 Å². The third-order valence-electron chi connectivity index (χ3n) is 7.32. The van der Waals surface area contributed by atoms with E-state index < -0.39 is 0 Å². The number of amides is 1. The van der Waals surface area contributed by atoms with Crippen molar-refractivity contribution in [2.24, 2.45) is 28.6 Å². The Morgan fingerprint density at radius 2 is 2.12 bits per heavy atom. The second-order valence-electron chi connectivity index (χ2n) is 9.11. The smallest absolute Gasteiger partial charge is 0.253 e. The Morgan fingerprint density at radius 3 is 2.76 bits per heavy atom. The van der Waals surface area contributed by atoms with Crippen molar-refractivity contribution in [3.8, 4) is 0 Å². The Kier molecular flexibility index (Phi) is 4.93. The normalized spacial score (nSPS) is 37.2. The van der Waals surface area contributed by atoms with Crippen molar-refractivity contribution in [2.45, 2.75) is 59.4 Å². The highest BCUT2D eigenvalue weighted by molar-refractivity contribution is 5.94. The van der Waals surface area contributed by atoms with Crippen LogP contribution >= 0.6 is 0 Å². The molecule has 0 aromatic carbocycles. The minimum Gasteiger partial charge on any atom is -0.396 e. The molecule has 2 aliphatic carbocycles. The topological polar surface area (TPSA) is 62.2 Å². The first-order valence-electron chi connectivity index (χ1n) is 9.61. The first kappa shape index (κ1) is 18.4. The molecule has 1 heterocycles. The zero-order valence-electron chi connectivity index (χ0n) is 16.0. The van der Waals surface area contributed by atoms with E-state index in [0.717, 1.165) is 6.42 Å². The molecule has 2 N–H and O–H groups in total. The van der Waals surface area contributed by atoms with Crippen LogP contribution in [-0.2, 0) is 0 Å². The van der Waals surface area contributed by atoms with Gasteiger partial charge in [0.15, 0.2) is 0 Å². The van der Waals surface area contributed by atoms with Crippen LogP contribution in [0.4, 0.5) is 0 Å². The van der Waals surface area contributed by atoms with Crippen LogP contribution in [0.15, 0.2) is 24.5 Å². The van der Waals surface area contributed by atoms with Crippen molar-refractivity contribution in [3.63, 3.8) is 0 Å². The van der Waals surface area contributed by atoms with Gasteiger partial charge in [-0.3, -0.25) is 9.78 Å². The summed E-state index contributed by atoms with van der Waals surface area (Å²) in [6.07, 6.45) is 7.92. The van der Waals surface area contributed by atoms with Crippen LogP contribution in [0, 0.1) is 28.6 Å². The van der Waals surface area contributed by atoms with Gasteiger partial charge in [0.25, 0.3) is 5.91 Å². The minimum atomic E-state index is -0.0566. The van der Waals surface area contributed by atoms with E-state index in [1.165, 1.54) is 19.3 Å². The maximum absolute atomic E-state index is 12.6.